The molecule has 1 aliphatic heterocycles. The van der Waals surface area contributed by atoms with E-state index in [-0.39, 0.29) is 9.94 Å². The molecule has 0 saturated carbocycles. The minimum absolute atomic E-state index is 0.105. The maximum atomic E-state index is 14.2. The highest BCUT2D eigenvalue weighted by molar-refractivity contribution is 9.10. The first-order valence-corrected chi connectivity index (χ1v) is 7.37. The zero-order chi connectivity index (χ0) is 16.2. The van der Waals surface area contributed by atoms with Gasteiger partial charge in [-0.25, -0.2) is 13.2 Å². The highest BCUT2D eigenvalue weighted by Gasteiger charge is 2.52. The summed E-state index contributed by atoms with van der Waals surface area (Å²) in [5.41, 5.74) is -1.54. The summed E-state index contributed by atoms with van der Waals surface area (Å²) in [4.78, 5) is 0. The van der Waals surface area contributed by atoms with Crippen LogP contribution in [0.4, 0.5) is 13.2 Å². The van der Waals surface area contributed by atoms with Crippen molar-refractivity contribution in [3.8, 4) is 0 Å². The van der Waals surface area contributed by atoms with Crippen molar-refractivity contribution >= 4 is 28.5 Å². The minimum Gasteiger partial charge on any atom is -0.399 e. The van der Waals surface area contributed by atoms with Gasteiger partial charge in [0.25, 0.3) is 5.92 Å². The molecule has 7 heteroatoms. The molecule has 0 radical (unpaired) electrons. The van der Waals surface area contributed by atoms with E-state index in [9.17, 15) is 13.2 Å². The molecule has 0 N–H and O–H groups in total. The minimum atomic E-state index is -3.13. The van der Waals surface area contributed by atoms with Crippen LogP contribution >= 0.6 is 15.9 Å². The fourth-order valence-electron chi connectivity index (χ4n) is 2.05. The standard InChI is InChI=1S/C14H17BBrF3O2/c1-12(2)13(3,4)21-15(20-12)9-7-10(16)8(6-11(9)17)14(5,18)19/h6-7H,1-5H3. The van der Waals surface area contributed by atoms with Crippen LogP contribution in [-0.2, 0) is 15.2 Å². The maximum Gasteiger partial charge on any atom is 0.497 e. The average Bonchev–Trinajstić information content (AvgIpc) is 2.49. The third-order valence-electron chi connectivity index (χ3n) is 4.07. The van der Waals surface area contributed by atoms with Crippen molar-refractivity contribution in [3.05, 3.63) is 28.0 Å². The van der Waals surface area contributed by atoms with Crippen molar-refractivity contribution in [3.63, 3.8) is 0 Å². The summed E-state index contributed by atoms with van der Waals surface area (Å²) in [6.07, 6.45) is 0. The van der Waals surface area contributed by atoms with Crippen molar-refractivity contribution < 1.29 is 22.5 Å². The van der Waals surface area contributed by atoms with Crippen molar-refractivity contribution in [2.24, 2.45) is 0 Å². The Balaban J connectivity index is 2.42. The molecule has 0 aromatic heterocycles. The molecular formula is C14H17BBrF3O2. The van der Waals surface area contributed by atoms with Crippen LogP contribution in [0.2, 0.25) is 0 Å². The predicted molar refractivity (Wildman–Crippen MR) is 79.4 cm³/mol. The van der Waals surface area contributed by atoms with Crippen LogP contribution in [0, 0.1) is 5.82 Å². The molecule has 2 rings (SSSR count). The van der Waals surface area contributed by atoms with E-state index in [1.807, 2.05) is 27.7 Å². The molecule has 1 aromatic rings. The molecule has 0 bridgehead atoms. The molecule has 0 spiro atoms. The molecule has 1 aliphatic rings. The van der Waals surface area contributed by atoms with Gasteiger partial charge in [0.05, 0.1) is 11.2 Å². The summed E-state index contributed by atoms with van der Waals surface area (Å²) >= 11 is 3.06. The lowest BCUT2D eigenvalue weighted by atomic mass is 9.78. The molecule has 21 heavy (non-hydrogen) atoms. The Labute approximate surface area is 131 Å². The SMILES string of the molecule is CC(F)(F)c1cc(F)c(B2OC(C)(C)C(C)(C)O2)cc1Br. The molecule has 0 unspecified atom stereocenters. The summed E-state index contributed by atoms with van der Waals surface area (Å²) < 4.78 is 52.6. The van der Waals surface area contributed by atoms with Gasteiger partial charge >= 0.3 is 7.12 Å². The van der Waals surface area contributed by atoms with Gasteiger partial charge in [0.1, 0.15) is 5.82 Å². The Bertz CT molecular complexity index is 554. The van der Waals surface area contributed by atoms with Crippen LogP contribution in [0.5, 0.6) is 0 Å². The number of rotatable bonds is 2. The van der Waals surface area contributed by atoms with Gasteiger partial charge in [-0.3, -0.25) is 0 Å². The van der Waals surface area contributed by atoms with E-state index in [1.165, 1.54) is 6.07 Å². The topological polar surface area (TPSA) is 18.5 Å². The number of hydrogen-bond donors (Lipinski definition) is 0. The van der Waals surface area contributed by atoms with Gasteiger partial charge in [-0.2, -0.15) is 0 Å². The van der Waals surface area contributed by atoms with Gasteiger partial charge in [0.2, 0.25) is 0 Å². The Morgan fingerprint density at radius 2 is 1.57 bits per heavy atom. The van der Waals surface area contributed by atoms with Crippen LogP contribution in [0.3, 0.4) is 0 Å². The zero-order valence-electron chi connectivity index (χ0n) is 12.6. The van der Waals surface area contributed by atoms with Gasteiger partial charge in [-0.05, 0) is 39.8 Å². The van der Waals surface area contributed by atoms with Crippen molar-refractivity contribution in [2.75, 3.05) is 0 Å². The number of hydrogen-bond acceptors (Lipinski definition) is 2. The number of benzene rings is 1. The lowest BCUT2D eigenvalue weighted by Gasteiger charge is -2.32. The summed E-state index contributed by atoms with van der Waals surface area (Å²) in [7, 11) is -0.925. The van der Waals surface area contributed by atoms with Gasteiger partial charge in [0.15, 0.2) is 0 Å². The first-order valence-electron chi connectivity index (χ1n) is 6.58. The normalized spacial score (nSPS) is 20.9. The third-order valence-corrected chi connectivity index (χ3v) is 4.72. The Hall–Kier alpha value is -0.525. The number of alkyl halides is 2. The second-order valence-electron chi connectivity index (χ2n) is 6.33. The summed E-state index contributed by atoms with van der Waals surface area (Å²) in [5.74, 6) is -3.90. The van der Waals surface area contributed by atoms with Crippen LogP contribution in [-0.4, -0.2) is 18.3 Å². The molecule has 116 valence electrons. The molecule has 0 amide bonds. The third kappa shape index (κ3) is 3.01. The van der Waals surface area contributed by atoms with E-state index in [2.05, 4.69) is 15.9 Å². The predicted octanol–water partition coefficient (Wildman–Crippen LogP) is 4.00. The summed E-state index contributed by atoms with van der Waals surface area (Å²) in [5, 5.41) is 0. The molecule has 0 atom stereocenters. The van der Waals surface area contributed by atoms with E-state index < -0.39 is 35.6 Å². The lowest BCUT2D eigenvalue weighted by Crippen LogP contribution is -2.41. The van der Waals surface area contributed by atoms with Crippen molar-refractivity contribution in [2.45, 2.75) is 51.7 Å². The molecule has 1 aromatic carbocycles. The molecule has 2 nitrogen and oxygen atoms in total. The van der Waals surface area contributed by atoms with Crippen molar-refractivity contribution in [1.29, 1.82) is 0 Å². The largest absolute Gasteiger partial charge is 0.497 e. The van der Waals surface area contributed by atoms with E-state index in [4.69, 9.17) is 9.31 Å². The summed E-state index contributed by atoms with van der Waals surface area (Å²) in [6.45, 7) is 8.09. The van der Waals surface area contributed by atoms with Gasteiger partial charge < -0.3 is 9.31 Å². The van der Waals surface area contributed by atoms with E-state index >= 15 is 0 Å². The molecule has 1 fully saturated rings. The zero-order valence-corrected chi connectivity index (χ0v) is 14.1. The average molecular weight is 365 g/mol. The number of halogens is 4. The lowest BCUT2D eigenvalue weighted by molar-refractivity contribution is 0.00578. The fraction of sp³-hybridized carbons (Fsp3) is 0.571. The van der Waals surface area contributed by atoms with Crippen LogP contribution in [0.1, 0.15) is 40.2 Å². The van der Waals surface area contributed by atoms with Gasteiger partial charge in [-0.1, -0.05) is 15.9 Å². The van der Waals surface area contributed by atoms with Crippen LogP contribution in [0.25, 0.3) is 0 Å². The van der Waals surface area contributed by atoms with Gasteiger partial charge in [0, 0.05) is 22.4 Å². The first kappa shape index (κ1) is 16.8. The smallest absolute Gasteiger partial charge is 0.399 e. The Morgan fingerprint density at radius 1 is 1.10 bits per heavy atom. The second-order valence-corrected chi connectivity index (χ2v) is 7.18. The van der Waals surface area contributed by atoms with Gasteiger partial charge in [-0.15, -0.1) is 0 Å². The Kier molecular flexibility index (Phi) is 4.01. The molecule has 1 heterocycles. The highest BCUT2D eigenvalue weighted by atomic mass is 79.9. The van der Waals surface area contributed by atoms with Crippen LogP contribution in [0.15, 0.2) is 16.6 Å². The second kappa shape index (κ2) is 5.00. The monoisotopic (exact) mass is 364 g/mol. The van der Waals surface area contributed by atoms with Crippen LogP contribution < -0.4 is 5.46 Å². The molecule has 0 aliphatic carbocycles. The Morgan fingerprint density at radius 3 is 2.00 bits per heavy atom. The molecule has 1 saturated heterocycles. The van der Waals surface area contributed by atoms with E-state index in [0.717, 1.165) is 13.0 Å². The summed E-state index contributed by atoms with van der Waals surface area (Å²) in [6, 6.07) is 2.12. The quantitative estimate of drug-likeness (QED) is 0.738. The van der Waals surface area contributed by atoms with Crippen molar-refractivity contribution in [1.82, 2.24) is 0 Å². The first-order chi connectivity index (χ1) is 9.35. The highest BCUT2D eigenvalue weighted by Crippen LogP contribution is 2.38. The van der Waals surface area contributed by atoms with E-state index in [1.54, 1.807) is 0 Å². The van der Waals surface area contributed by atoms with E-state index in [0.29, 0.717) is 0 Å². The fourth-order valence-corrected chi connectivity index (χ4v) is 2.76. The molecular weight excluding hydrogens is 348 g/mol. The maximum absolute atomic E-state index is 14.2.